The van der Waals surface area contributed by atoms with Crippen molar-refractivity contribution in [1.82, 2.24) is 10.2 Å². The second-order valence-corrected chi connectivity index (χ2v) is 7.74. The highest BCUT2D eigenvalue weighted by Crippen LogP contribution is 2.32. The standard InChI is InChI=1S/C18H19BrN2O2S/c1-12-15-8-11-24-16(15)7-10-21(12)17(22)6-9-20-18(23)13-2-4-14(19)5-3-13/h2-5,8,11-12H,6-7,9-10H2,1H3,(H,20,23)/t12-/m0/s1. The van der Waals surface area contributed by atoms with Crippen LogP contribution in [-0.2, 0) is 11.2 Å². The Morgan fingerprint density at radius 1 is 1.29 bits per heavy atom. The summed E-state index contributed by atoms with van der Waals surface area (Å²) in [7, 11) is 0. The topological polar surface area (TPSA) is 49.4 Å². The Morgan fingerprint density at radius 3 is 2.79 bits per heavy atom. The Balaban J connectivity index is 1.51. The minimum atomic E-state index is -0.151. The van der Waals surface area contributed by atoms with E-state index in [0.29, 0.717) is 18.5 Å². The molecule has 1 aromatic heterocycles. The lowest BCUT2D eigenvalue weighted by atomic mass is 10.0. The third kappa shape index (κ3) is 3.70. The van der Waals surface area contributed by atoms with Crippen molar-refractivity contribution in [1.29, 1.82) is 0 Å². The molecule has 0 saturated heterocycles. The number of benzene rings is 1. The highest BCUT2D eigenvalue weighted by Gasteiger charge is 2.27. The van der Waals surface area contributed by atoms with Gasteiger partial charge in [-0.1, -0.05) is 15.9 Å². The molecule has 1 aromatic carbocycles. The molecule has 0 aliphatic carbocycles. The molecule has 3 rings (SSSR count). The van der Waals surface area contributed by atoms with Gasteiger partial charge in [-0.3, -0.25) is 9.59 Å². The highest BCUT2D eigenvalue weighted by atomic mass is 79.9. The molecule has 1 N–H and O–H groups in total. The van der Waals surface area contributed by atoms with Crippen molar-refractivity contribution < 1.29 is 9.59 Å². The molecule has 0 unspecified atom stereocenters. The van der Waals surface area contributed by atoms with Crippen LogP contribution in [0.2, 0.25) is 0 Å². The van der Waals surface area contributed by atoms with Crippen molar-refractivity contribution in [3.05, 3.63) is 56.2 Å². The molecule has 0 bridgehead atoms. The Morgan fingerprint density at radius 2 is 2.04 bits per heavy atom. The van der Waals surface area contributed by atoms with Crippen molar-refractivity contribution in [3.8, 4) is 0 Å². The first kappa shape index (κ1) is 17.2. The smallest absolute Gasteiger partial charge is 0.251 e. The number of fused-ring (bicyclic) bond motifs is 1. The van der Waals surface area contributed by atoms with Gasteiger partial charge in [0.05, 0.1) is 6.04 Å². The summed E-state index contributed by atoms with van der Waals surface area (Å²) in [5.74, 6) is -0.0578. The van der Waals surface area contributed by atoms with Gasteiger partial charge < -0.3 is 10.2 Å². The second-order valence-electron chi connectivity index (χ2n) is 5.83. The lowest BCUT2D eigenvalue weighted by Gasteiger charge is -2.33. The van der Waals surface area contributed by atoms with Crippen LogP contribution in [0.3, 0.4) is 0 Å². The van der Waals surface area contributed by atoms with Gasteiger partial charge in [0.25, 0.3) is 5.91 Å². The molecular formula is C18H19BrN2O2S. The van der Waals surface area contributed by atoms with E-state index in [-0.39, 0.29) is 17.9 Å². The van der Waals surface area contributed by atoms with Crippen molar-refractivity contribution in [2.24, 2.45) is 0 Å². The van der Waals surface area contributed by atoms with E-state index in [9.17, 15) is 9.59 Å². The quantitative estimate of drug-likeness (QED) is 0.839. The number of carbonyl (C=O) groups is 2. The van der Waals surface area contributed by atoms with E-state index >= 15 is 0 Å². The molecule has 126 valence electrons. The molecule has 0 fully saturated rings. The summed E-state index contributed by atoms with van der Waals surface area (Å²) in [5.41, 5.74) is 1.86. The predicted molar refractivity (Wildman–Crippen MR) is 99.2 cm³/mol. The van der Waals surface area contributed by atoms with Crippen LogP contribution in [0, 0.1) is 0 Å². The van der Waals surface area contributed by atoms with Crippen LogP contribution in [0.4, 0.5) is 0 Å². The summed E-state index contributed by atoms with van der Waals surface area (Å²) >= 11 is 5.11. The first-order valence-corrected chi connectivity index (χ1v) is 9.63. The van der Waals surface area contributed by atoms with Crippen LogP contribution in [-0.4, -0.2) is 29.8 Å². The SMILES string of the molecule is C[C@H]1c2ccsc2CCN1C(=O)CCNC(=O)c1ccc(Br)cc1. The number of rotatable bonds is 4. The van der Waals surface area contributed by atoms with Gasteiger partial charge in [0.2, 0.25) is 5.91 Å². The molecule has 1 aliphatic heterocycles. The maximum absolute atomic E-state index is 12.5. The summed E-state index contributed by atoms with van der Waals surface area (Å²) in [5, 5.41) is 4.91. The number of halogens is 1. The molecule has 4 nitrogen and oxygen atoms in total. The Hall–Kier alpha value is -1.66. The fourth-order valence-electron chi connectivity index (χ4n) is 2.98. The van der Waals surface area contributed by atoms with E-state index in [1.54, 1.807) is 23.5 Å². The maximum Gasteiger partial charge on any atom is 0.251 e. The predicted octanol–water partition coefficient (Wildman–Crippen LogP) is 3.78. The number of nitrogens with one attached hydrogen (secondary N) is 1. The third-order valence-corrected chi connectivity index (χ3v) is 5.85. The summed E-state index contributed by atoms with van der Waals surface area (Å²) in [4.78, 5) is 27.8. The third-order valence-electron chi connectivity index (χ3n) is 4.33. The van der Waals surface area contributed by atoms with Crippen molar-refractivity contribution >= 4 is 39.1 Å². The number of nitrogens with zero attached hydrogens (tertiary/aromatic N) is 1. The molecule has 0 spiro atoms. The monoisotopic (exact) mass is 406 g/mol. The van der Waals surface area contributed by atoms with Crippen LogP contribution in [0.25, 0.3) is 0 Å². The van der Waals surface area contributed by atoms with Crippen LogP contribution in [0.15, 0.2) is 40.2 Å². The molecule has 0 radical (unpaired) electrons. The van der Waals surface area contributed by atoms with Crippen LogP contribution >= 0.6 is 27.3 Å². The van der Waals surface area contributed by atoms with Crippen LogP contribution < -0.4 is 5.32 Å². The number of thiophene rings is 1. The van der Waals surface area contributed by atoms with E-state index in [2.05, 4.69) is 39.6 Å². The molecule has 24 heavy (non-hydrogen) atoms. The number of carbonyl (C=O) groups excluding carboxylic acids is 2. The van der Waals surface area contributed by atoms with Crippen LogP contribution in [0.5, 0.6) is 0 Å². The van der Waals surface area contributed by atoms with Gasteiger partial charge in [0, 0.05) is 34.4 Å². The molecule has 2 amide bonds. The summed E-state index contributed by atoms with van der Waals surface area (Å²) in [6.07, 6.45) is 1.25. The zero-order valence-electron chi connectivity index (χ0n) is 13.4. The summed E-state index contributed by atoms with van der Waals surface area (Å²) in [6.45, 7) is 3.19. The first-order valence-electron chi connectivity index (χ1n) is 7.96. The molecule has 2 aromatic rings. The zero-order valence-corrected chi connectivity index (χ0v) is 15.8. The van der Waals surface area contributed by atoms with Crippen molar-refractivity contribution in [3.63, 3.8) is 0 Å². The lowest BCUT2D eigenvalue weighted by molar-refractivity contribution is -0.133. The Bertz CT molecular complexity index is 742. The van der Waals surface area contributed by atoms with Gasteiger partial charge in [0.1, 0.15) is 0 Å². The number of hydrogen-bond acceptors (Lipinski definition) is 3. The molecular weight excluding hydrogens is 388 g/mol. The minimum absolute atomic E-state index is 0.0930. The Labute approximate surface area is 154 Å². The molecule has 6 heteroatoms. The largest absolute Gasteiger partial charge is 0.352 e. The molecule has 0 saturated carbocycles. The van der Waals surface area contributed by atoms with Gasteiger partial charge in [-0.15, -0.1) is 11.3 Å². The second kappa shape index (κ2) is 7.49. The Kier molecular flexibility index (Phi) is 5.36. The van der Waals surface area contributed by atoms with E-state index in [1.807, 2.05) is 17.0 Å². The van der Waals surface area contributed by atoms with E-state index < -0.39 is 0 Å². The van der Waals surface area contributed by atoms with Gasteiger partial charge in [-0.05, 0) is 54.6 Å². The normalized spacial score (nSPS) is 16.6. The fourth-order valence-corrected chi connectivity index (χ4v) is 4.21. The zero-order chi connectivity index (χ0) is 17.1. The van der Waals surface area contributed by atoms with E-state index in [4.69, 9.17) is 0 Å². The lowest BCUT2D eigenvalue weighted by Crippen LogP contribution is -2.39. The number of amides is 2. The average Bonchev–Trinajstić information content (AvgIpc) is 3.05. The maximum atomic E-state index is 12.5. The first-order chi connectivity index (χ1) is 11.6. The number of hydrogen-bond donors (Lipinski definition) is 1. The van der Waals surface area contributed by atoms with E-state index in [0.717, 1.165) is 17.4 Å². The summed E-state index contributed by atoms with van der Waals surface area (Å²) in [6, 6.07) is 9.40. The van der Waals surface area contributed by atoms with E-state index in [1.165, 1.54) is 10.4 Å². The summed E-state index contributed by atoms with van der Waals surface area (Å²) < 4.78 is 0.932. The van der Waals surface area contributed by atoms with Gasteiger partial charge in [-0.25, -0.2) is 0 Å². The molecule has 1 aliphatic rings. The van der Waals surface area contributed by atoms with Crippen molar-refractivity contribution in [2.75, 3.05) is 13.1 Å². The van der Waals surface area contributed by atoms with Gasteiger partial charge in [0.15, 0.2) is 0 Å². The van der Waals surface area contributed by atoms with Gasteiger partial charge >= 0.3 is 0 Å². The minimum Gasteiger partial charge on any atom is -0.352 e. The highest BCUT2D eigenvalue weighted by molar-refractivity contribution is 9.10. The fraction of sp³-hybridized carbons (Fsp3) is 0.333. The van der Waals surface area contributed by atoms with Crippen molar-refractivity contribution in [2.45, 2.75) is 25.8 Å². The average molecular weight is 407 g/mol. The molecule has 2 heterocycles. The molecule has 1 atom stereocenters. The van der Waals surface area contributed by atoms with Gasteiger partial charge in [-0.2, -0.15) is 0 Å². The van der Waals surface area contributed by atoms with Crippen LogP contribution in [0.1, 0.15) is 40.2 Å².